The van der Waals surface area contributed by atoms with E-state index in [1.165, 1.54) is 25.3 Å². The largest absolute Gasteiger partial charge is 0.495 e. The Morgan fingerprint density at radius 2 is 2.14 bits per heavy atom. The second kappa shape index (κ2) is 6.94. The fourth-order valence-electron chi connectivity index (χ4n) is 2.18. The summed E-state index contributed by atoms with van der Waals surface area (Å²) in [6, 6.07) is 4.12. The van der Waals surface area contributed by atoms with Gasteiger partial charge in [-0.15, -0.1) is 0 Å². The van der Waals surface area contributed by atoms with Gasteiger partial charge in [0.1, 0.15) is 5.75 Å². The molecular formula is C14H19N3O4. The standard InChI is InChI=1S/C14H19N3O4/c1-21-12-4-3-10(13(18)19)9-11(12)16-14(20)17-7-2-5-15-6-8-17/h3-4,9,15H,2,5-8H2,1H3,(H,16,20)(H,18,19). The van der Waals surface area contributed by atoms with E-state index in [4.69, 9.17) is 9.84 Å². The third-order valence-electron chi connectivity index (χ3n) is 3.32. The van der Waals surface area contributed by atoms with Gasteiger partial charge in [0.05, 0.1) is 18.4 Å². The van der Waals surface area contributed by atoms with Gasteiger partial charge >= 0.3 is 12.0 Å². The van der Waals surface area contributed by atoms with Crippen molar-refractivity contribution in [2.24, 2.45) is 0 Å². The average molecular weight is 293 g/mol. The van der Waals surface area contributed by atoms with Gasteiger partial charge in [-0.05, 0) is 31.2 Å². The minimum absolute atomic E-state index is 0.101. The van der Waals surface area contributed by atoms with Crippen LogP contribution in [0.3, 0.4) is 0 Å². The molecule has 1 aromatic rings. The second-order valence-electron chi connectivity index (χ2n) is 4.74. The molecule has 1 aliphatic rings. The summed E-state index contributed by atoms with van der Waals surface area (Å²) in [5, 5.41) is 15.0. The van der Waals surface area contributed by atoms with Crippen molar-refractivity contribution in [2.75, 3.05) is 38.6 Å². The van der Waals surface area contributed by atoms with Gasteiger partial charge in [-0.2, -0.15) is 0 Å². The van der Waals surface area contributed by atoms with Crippen molar-refractivity contribution in [3.8, 4) is 5.75 Å². The molecule has 0 unspecified atom stereocenters. The molecule has 0 bridgehead atoms. The average Bonchev–Trinajstić information content (AvgIpc) is 2.76. The number of rotatable bonds is 3. The number of carboxylic acid groups (broad SMARTS) is 1. The number of ether oxygens (including phenoxy) is 1. The Balaban J connectivity index is 2.14. The summed E-state index contributed by atoms with van der Waals surface area (Å²) < 4.78 is 5.15. The molecule has 1 heterocycles. The van der Waals surface area contributed by atoms with Crippen molar-refractivity contribution in [3.05, 3.63) is 23.8 Å². The summed E-state index contributed by atoms with van der Waals surface area (Å²) in [5.74, 6) is -0.617. The molecule has 1 aliphatic heterocycles. The van der Waals surface area contributed by atoms with Crippen molar-refractivity contribution < 1.29 is 19.4 Å². The lowest BCUT2D eigenvalue weighted by Gasteiger charge is -2.21. The van der Waals surface area contributed by atoms with Gasteiger partial charge in [-0.3, -0.25) is 0 Å². The summed E-state index contributed by atoms with van der Waals surface area (Å²) in [6.07, 6.45) is 0.889. The fourth-order valence-corrected chi connectivity index (χ4v) is 2.18. The Hall–Kier alpha value is -2.28. The van der Waals surface area contributed by atoms with Crippen LogP contribution in [0.1, 0.15) is 16.8 Å². The molecule has 2 amide bonds. The lowest BCUT2D eigenvalue weighted by molar-refractivity contribution is 0.0697. The summed E-state index contributed by atoms with van der Waals surface area (Å²) in [6.45, 7) is 2.92. The van der Waals surface area contributed by atoms with E-state index in [0.29, 0.717) is 24.5 Å². The predicted molar refractivity (Wildman–Crippen MR) is 78.0 cm³/mol. The van der Waals surface area contributed by atoms with Crippen molar-refractivity contribution in [1.29, 1.82) is 0 Å². The number of hydrogen-bond acceptors (Lipinski definition) is 4. The van der Waals surface area contributed by atoms with Crippen LogP contribution in [-0.4, -0.2) is 55.3 Å². The third-order valence-corrected chi connectivity index (χ3v) is 3.32. The van der Waals surface area contributed by atoms with Gasteiger partial charge in [0, 0.05) is 19.6 Å². The van der Waals surface area contributed by atoms with E-state index in [9.17, 15) is 9.59 Å². The maximum Gasteiger partial charge on any atom is 0.335 e. The second-order valence-corrected chi connectivity index (χ2v) is 4.74. The van der Waals surface area contributed by atoms with Crippen LogP contribution < -0.4 is 15.4 Å². The van der Waals surface area contributed by atoms with E-state index < -0.39 is 5.97 Å². The summed E-state index contributed by atoms with van der Waals surface area (Å²) in [5.41, 5.74) is 0.461. The van der Waals surface area contributed by atoms with Crippen molar-refractivity contribution in [2.45, 2.75) is 6.42 Å². The molecule has 3 N–H and O–H groups in total. The third kappa shape index (κ3) is 3.85. The van der Waals surface area contributed by atoms with Crippen LogP contribution in [0.15, 0.2) is 18.2 Å². The van der Waals surface area contributed by atoms with Crippen LogP contribution in [0.4, 0.5) is 10.5 Å². The number of hydrogen-bond donors (Lipinski definition) is 3. The Morgan fingerprint density at radius 1 is 1.33 bits per heavy atom. The molecule has 0 atom stereocenters. The first-order chi connectivity index (χ1) is 10.1. The first kappa shape index (κ1) is 15.1. The van der Waals surface area contributed by atoms with Gasteiger partial charge in [0.15, 0.2) is 0 Å². The van der Waals surface area contributed by atoms with E-state index in [2.05, 4.69) is 10.6 Å². The lowest BCUT2D eigenvalue weighted by Crippen LogP contribution is -2.37. The number of methoxy groups -OCH3 is 1. The molecular weight excluding hydrogens is 274 g/mol. The summed E-state index contributed by atoms with van der Waals surface area (Å²) in [4.78, 5) is 25.0. The Bertz CT molecular complexity index is 525. The molecule has 114 valence electrons. The molecule has 21 heavy (non-hydrogen) atoms. The molecule has 0 aromatic heterocycles. The van der Waals surface area contributed by atoms with E-state index in [1.54, 1.807) is 4.90 Å². The van der Waals surface area contributed by atoms with E-state index in [-0.39, 0.29) is 11.6 Å². The monoisotopic (exact) mass is 293 g/mol. The number of nitrogens with one attached hydrogen (secondary N) is 2. The zero-order valence-corrected chi connectivity index (χ0v) is 11.9. The molecule has 7 nitrogen and oxygen atoms in total. The zero-order chi connectivity index (χ0) is 15.2. The van der Waals surface area contributed by atoms with E-state index in [1.807, 2.05) is 0 Å². The molecule has 1 fully saturated rings. The smallest absolute Gasteiger partial charge is 0.335 e. The normalized spacial score (nSPS) is 15.2. The fraction of sp³-hybridized carbons (Fsp3) is 0.429. The number of carbonyl (C=O) groups excluding carboxylic acids is 1. The number of carboxylic acids is 1. The lowest BCUT2D eigenvalue weighted by atomic mass is 10.2. The molecule has 0 aliphatic carbocycles. The Labute approximate surface area is 122 Å². The number of urea groups is 1. The molecule has 1 aromatic carbocycles. The van der Waals surface area contributed by atoms with Crippen LogP contribution in [-0.2, 0) is 0 Å². The first-order valence-corrected chi connectivity index (χ1v) is 6.80. The van der Waals surface area contributed by atoms with Gasteiger partial charge in [-0.25, -0.2) is 9.59 Å². The maximum absolute atomic E-state index is 12.3. The predicted octanol–water partition coefficient (Wildman–Crippen LogP) is 1.22. The highest BCUT2D eigenvalue weighted by atomic mass is 16.5. The van der Waals surface area contributed by atoms with Crippen LogP contribution in [0.2, 0.25) is 0 Å². The molecule has 0 spiro atoms. The van der Waals surface area contributed by atoms with Crippen molar-refractivity contribution >= 4 is 17.7 Å². The number of carbonyl (C=O) groups is 2. The van der Waals surface area contributed by atoms with Gasteiger partial charge in [0.2, 0.25) is 0 Å². The number of nitrogens with zero attached hydrogens (tertiary/aromatic N) is 1. The van der Waals surface area contributed by atoms with Crippen LogP contribution >= 0.6 is 0 Å². The maximum atomic E-state index is 12.3. The Morgan fingerprint density at radius 3 is 2.86 bits per heavy atom. The summed E-state index contributed by atoms with van der Waals surface area (Å²) >= 11 is 0. The minimum atomic E-state index is -1.05. The number of aromatic carboxylic acids is 1. The first-order valence-electron chi connectivity index (χ1n) is 6.80. The van der Waals surface area contributed by atoms with Gasteiger partial charge < -0.3 is 25.4 Å². The Kier molecular flexibility index (Phi) is 4.99. The van der Waals surface area contributed by atoms with Crippen LogP contribution in [0, 0.1) is 0 Å². The number of anilines is 1. The van der Waals surface area contributed by atoms with Crippen LogP contribution in [0.25, 0.3) is 0 Å². The van der Waals surface area contributed by atoms with E-state index >= 15 is 0 Å². The van der Waals surface area contributed by atoms with Crippen LogP contribution in [0.5, 0.6) is 5.75 Å². The molecule has 2 rings (SSSR count). The highest BCUT2D eigenvalue weighted by molar-refractivity contribution is 5.94. The number of amides is 2. The highest BCUT2D eigenvalue weighted by Crippen LogP contribution is 2.26. The van der Waals surface area contributed by atoms with E-state index in [0.717, 1.165) is 19.5 Å². The van der Waals surface area contributed by atoms with Gasteiger partial charge in [0.25, 0.3) is 0 Å². The molecule has 0 radical (unpaired) electrons. The molecule has 0 saturated carbocycles. The van der Waals surface area contributed by atoms with Crippen molar-refractivity contribution in [1.82, 2.24) is 10.2 Å². The highest BCUT2D eigenvalue weighted by Gasteiger charge is 2.17. The molecule has 7 heteroatoms. The topological polar surface area (TPSA) is 90.9 Å². The SMILES string of the molecule is COc1ccc(C(=O)O)cc1NC(=O)N1CCCNCC1. The van der Waals surface area contributed by atoms with Gasteiger partial charge in [-0.1, -0.05) is 0 Å². The summed E-state index contributed by atoms with van der Waals surface area (Å²) in [7, 11) is 1.47. The van der Waals surface area contributed by atoms with Crippen molar-refractivity contribution in [3.63, 3.8) is 0 Å². The quantitative estimate of drug-likeness (QED) is 0.779. The minimum Gasteiger partial charge on any atom is -0.495 e. The zero-order valence-electron chi connectivity index (χ0n) is 11.9. The number of benzene rings is 1. The molecule has 1 saturated heterocycles.